The van der Waals surface area contributed by atoms with E-state index in [4.69, 9.17) is 4.74 Å². The standard InChI is InChI=1S/C26H30O2/c1-7-28-24(27)22-12-11-20-16-19(8-10-21(20)17-22)9-13-23-18(2)25(3,4)14-15-26(23,5)6/h8,10-12,16-17H,7,14-15H2,1-6H3. The zero-order valence-electron chi connectivity index (χ0n) is 17.9. The Morgan fingerprint density at radius 2 is 1.61 bits per heavy atom. The summed E-state index contributed by atoms with van der Waals surface area (Å²) in [5, 5.41) is 2.10. The number of fused-ring (bicyclic) bond motifs is 1. The number of benzene rings is 2. The second kappa shape index (κ2) is 7.47. The maximum Gasteiger partial charge on any atom is 0.338 e. The summed E-state index contributed by atoms with van der Waals surface area (Å²) in [6.45, 7) is 13.7. The smallest absolute Gasteiger partial charge is 0.338 e. The normalized spacial score (nSPS) is 17.8. The Bertz CT molecular complexity index is 1010. The lowest BCUT2D eigenvalue weighted by atomic mass is 9.63. The lowest BCUT2D eigenvalue weighted by Crippen LogP contribution is -2.29. The van der Waals surface area contributed by atoms with E-state index in [2.05, 4.69) is 52.5 Å². The number of carbonyl (C=O) groups excluding carboxylic acids is 1. The first-order chi connectivity index (χ1) is 13.1. The average molecular weight is 375 g/mol. The SMILES string of the molecule is CCOC(=O)c1ccc2cc(C#CC3=C(C)C(C)(C)CCC3(C)C)ccc2c1. The van der Waals surface area contributed by atoms with E-state index in [1.165, 1.54) is 17.6 Å². The summed E-state index contributed by atoms with van der Waals surface area (Å²) in [6, 6.07) is 11.8. The predicted octanol–water partition coefficient (Wildman–Crippen LogP) is 6.53. The summed E-state index contributed by atoms with van der Waals surface area (Å²) in [4.78, 5) is 11.9. The van der Waals surface area contributed by atoms with Gasteiger partial charge in [0, 0.05) is 11.1 Å². The van der Waals surface area contributed by atoms with Crippen molar-refractivity contribution in [1.82, 2.24) is 0 Å². The van der Waals surface area contributed by atoms with Crippen molar-refractivity contribution < 1.29 is 9.53 Å². The number of esters is 1. The van der Waals surface area contributed by atoms with E-state index in [0.29, 0.717) is 12.2 Å². The molecule has 0 aromatic heterocycles. The highest BCUT2D eigenvalue weighted by molar-refractivity contribution is 5.95. The number of ether oxygens (including phenoxy) is 1. The molecule has 0 fully saturated rings. The van der Waals surface area contributed by atoms with Gasteiger partial charge in [-0.15, -0.1) is 0 Å². The summed E-state index contributed by atoms with van der Waals surface area (Å²) in [5.74, 6) is 6.61. The maximum atomic E-state index is 11.9. The summed E-state index contributed by atoms with van der Waals surface area (Å²) >= 11 is 0. The topological polar surface area (TPSA) is 26.3 Å². The average Bonchev–Trinajstić information content (AvgIpc) is 2.65. The van der Waals surface area contributed by atoms with E-state index in [1.54, 1.807) is 0 Å². The van der Waals surface area contributed by atoms with Crippen LogP contribution in [0.3, 0.4) is 0 Å². The van der Waals surface area contributed by atoms with Crippen molar-refractivity contribution in [1.29, 1.82) is 0 Å². The quantitative estimate of drug-likeness (QED) is 0.441. The van der Waals surface area contributed by atoms with E-state index < -0.39 is 0 Å². The lowest BCUT2D eigenvalue weighted by Gasteiger charge is -2.40. The van der Waals surface area contributed by atoms with Crippen molar-refractivity contribution in [2.45, 2.75) is 54.4 Å². The van der Waals surface area contributed by atoms with Crippen molar-refractivity contribution in [3.05, 3.63) is 58.7 Å². The van der Waals surface area contributed by atoms with Crippen LogP contribution in [0.4, 0.5) is 0 Å². The minimum atomic E-state index is -0.280. The minimum absolute atomic E-state index is 0.123. The second-order valence-corrected chi connectivity index (χ2v) is 9.01. The fourth-order valence-electron chi connectivity index (χ4n) is 3.85. The molecule has 0 amide bonds. The fourth-order valence-corrected chi connectivity index (χ4v) is 3.85. The highest BCUT2D eigenvalue weighted by Gasteiger charge is 2.36. The molecule has 0 N–H and O–H groups in total. The van der Waals surface area contributed by atoms with Gasteiger partial charge in [0.05, 0.1) is 12.2 Å². The molecule has 2 heteroatoms. The molecular formula is C26H30O2. The zero-order valence-corrected chi connectivity index (χ0v) is 17.9. The number of rotatable bonds is 2. The van der Waals surface area contributed by atoms with Crippen LogP contribution in [0, 0.1) is 22.7 Å². The predicted molar refractivity (Wildman–Crippen MR) is 116 cm³/mol. The van der Waals surface area contributed by atoms with E-state index in [1.807, 2.05) is 37.3 Å². The van der Waals surface area contributed by atoms with Gasteiger partial charge in [0.25, 0.3) is 0 Å². The molecule has 2 nitrogen and oxygen atoms in total. The number of hydrogen-bond donors (Lipinski definition) is 0. The highest BCUT2D eigenvalue weighted by atomic mass is 16.5. The Morgan fingerprint density at radius 3 is 2.32 bits per heavy atom. The third-order valence-corrected chi connectivity index (χ3v) is 6.13. The van der Waals surface area contributed by atoms with Crippen molar-refractivity contribution in [2.75, 3.05) is 6.61 Å². The Balaban J connectivity index is 1.96. The first-order valence-corrected chi connectivity index (χ1v) is 10.1. The monoisotopic (exact) mass is 374 g/mol. The number of hydrogen-bond acceptors (Lipinski definition) is 2. The van der Waals surface area contributed by atoms with Gasteiger partial charge in [-0.3, -0.25) is 0 Å². The molecule has 3 rings (SSSR count). The third kappa shape index (κ3) is 3.99. The molecule has 0 aliphatic heterocycles. The zero-order chi connectivity index (χ0) is 20.5. The van der Waals surface area contributed by atoms with Gasteiger partial charge in [-0.05, 0) is 72.6 Å². The van der Waals surface area contributed by atoms with Crippen LogP contribution in [0.1, 0.15) is 70.3 Å². The first-order valence-electron chi connectivity index (χ1n) is 10.1. The van der Waals surface area contributed by atoms with Gasteiger partial charge in [0.2, 0.25) is 0 Å². The molecular weight excluding hydrogens is 344 g/mol. The molecule has 0 atom stereocenters. The molecule has 146 valence electrons. The minimum Gasteiger partial charge on any atom is -0.462 e. The molecule has 2 aromatic rings. The van der Waals surface area contributed by atoms with Crippen LogP contribution in [-0.2, 0) is 4.74 Å². The summed E-state index contributed by atoms with van der Waals surface area (Å²) in [6.07, 6.45) is 2.37. The molecule has 1 aliphatic rings. The Labute approximate surface area is 169 Å². The van der Waals surface area contributed by atoms with E-state index in [9.17, 15) is 4.79 Å². The molecule has 0 unspecified atom stereocenters. The van der Waals surface area contributed by atoms with Gasteiger partial charge in [-0.1, -0.05) is 57.2 Å². The lowest BCUT2D eigenvalue weighted by molar-refractivity contribution is 0.0526. The van der Waals surface area contributed by atoms with Gasteiger partial charge in [0.15, 0.2) is 0 Å². The molecule has 0 saturated heterocycles. The van der Waals surface area contributed by atoms with Gasteiger partial charge in [-0.2, -0.15) is 0 Å². The molecule has 0 saturated carbocycles. The van der Waals surface area contributed by atoms with Crippen LogP contribution in [0.2, 0.25) is 0 Å². The van der Waals surface area contributed by atoms with Gasteiger partial charge in [-0.25, -0.2) is 4.79 Å². The highest BCUT2D eigenvalue weighted by Crippen LogP contribution is 2.48. The maximum absolute atomic E-state index is 11.9. The van der Waals surface area contributed by atoms with E-state index >= 15 is 0 Å². The van der Waals surface area contributed by atoms with Gasteiger partial charge in [0.1, 0.15) is 0 Å². The van der Waals surface area contributed by atoms with Gasteiger partial charge >= 0.3 is 5.97 Å². The number of allylic oxidation sites excluding steroid dienone is 2. The van der Waals surface area contributed by atoms with Crippen LogP contribution in [0.25, 0.3) is 10.8 Å². The van der Waals surface area contributed by atoms with Crippen molar-refractivity contribution in [3.63, 3.8) is 0 Å². The molecule has 28 heavy (non-hydrogen) atoms. The molecule has 0 radical (unpaired) electrons. The van der Waals surface area contributed by atoms with Crippen LogP contribution in [0.5, 0.6) is 0 Å². The van der Waals surface area contributed by atoms with Crippen LogP contribution >= 0.6 is 0 Å². The molecule has 2 aromatic carbocycles. The van der Waals surface area contributed by atoms with E-state index in [-0.39, 0.29) is 16.8 Å². The molecule has 0 spiro atoms. The Kier molecular flexibility index (Phi) is 5.39. The van der Waals surface area contributed by atoms with Crippen LogP contribution in [0.15, 0.2) is 47.5 Å². The Morgan fingerprint density at radius 1 is 0.964 bits per heavy atom. The van der Waals surface area contributed by atoms with E-state index in [0.717, 1.165) is 22.8 Å². The molecule has 0 bridgehead atoms. The Hall–Kier alpha value is -2.53. The van der Waals surface area contributed by atoms with Crippen LogP contribution in [-0.4, -0.2) is 12.6 Å². The number of carbonyl (C=O) groups is 1. The first kappa shape index (κ1) is 20.2. The largest absolute Gasteiger partial charge is 0.462 e. The summed E-state index contributed by atoms with van der Waals surface area (Å²) < 4.78 is 5.09. The molecule has 0 heterocycles. The summed E-state index contributed by atoms with van der Waals surface area (Å²) in [7, 11) is 0. The summed E-state index contributed by atoms with van der Waals surface area (Å²) in [5.41, 5.74) is 4.61. The second-order valence-electron chi connectivity index (χ2n) is 9.01. The van der Waals surface area contributed by atoms with Crippen molar-refractivity contribution in [3.8, 4) is 11.8 Å². The van der Waals surface area contributed by atoms with Crippen molar-refractivity contribution >= 4 is 16.7 Å². The van der Waals surface area contributed by atoms with Crippen LogP contribution < -0.4 is 0 Å². The third-order valence-electron chi connectivity index (χ3n) is 6.13. The fraction of sp³-hybridized carbons (Fsp3) is 0.423. The van der Waals surface area contributed by atoms with Gasteiger partial charge < -0.3 is 4.74 Å². The van der Waals surface area contributed by atoms with Crippen molar-refractivity contribution in [2.24, 2.45) is 10.8 Å². The molecule has 1 aliphatic carbocycles.